The Labute approximate surface area is 193 Å². The van der Waals surface area contributed by atoms with Gasteiger partial charge in [0.2, 0.25) is 16.0 Å². The van der Waals surface area contributed by atoms with Gasteiger partial charge < -0.3 is 9.84 Å². The molecule has 0 bridgehead atoms. The number of carbonyl (C=O) groups excluding carboxylic acids is 1. The summed E-state index contributed by atoms with van der Waals surface area (Å²) in [4.78, 5) is 20.8. The van der Waals surface area contributed by atoms with E-state index in [1.54, 1.807) is 24.3 Å². The molecule has 178 valence electrons. The van der Waals surface area contributed by atoms with E-state index in [-0.39, 0.29) is 24.7 Å². The number of sulfonamides is 1. The maximum absolute atomic E-state index is 13.6. The predicted octanol–water partition coefficient (Wildman–Crippen LogP) is 3.27. The van der Waals surface area contributed by atoms with Crippen molar-refractivity contribution in [1.29, 1.82) is 0 Å². The highest BCUT2D eigenvalue weighted by Gasteiger charge is 2.27. The quantitative estimate of drug-likeness (QED) is 0.610. The molecule has 8 nitrogen and oxygen atoms in total. The minimum atomic E-state index is -3.62. The lowest BCUT2D eigenvalue weighted by molar-refractivity contribution is -0.156. The van der Waals surface area contributed by atoms with Crippen molar-refractivity contribution in [2.75, 3.05) is 17.6 Å². The van der Waals surface area contributed by atoms with Gasteiger partial charge in [-0.3, -0.25) is 4.79 Å². The third kappa shape index (κ3) is 5.94. The van der Waals surface area contributed by atoms with Crippen LogP contribution in [0.4, 0.5) is 10.3 Å². The number of aliphatic hydroxyl groups is 1. The minimum Gasteiger partial charge on any atom is -0.458 e. The number of hydrogen-bond donors (Lipinski definition) is 1. The van der Waals surface area contributed by atoms with Crippen LogP contribution in [-0.2, 0) is 19.6 Å². The molecule has 2 aromatic rings. The zero-order valence-corrected chi connectivity index (χ0v) is 19.8. The van der Waals surface area contributed by atoms with E-state index in [9.17, 15) is 22.7 Å². The molecule has 0 spiro atoms. The number of cyclic esters (lactones) is 1. The van der Waals surface area contributed by atoms with Crippen LogP contribution in [0.3, 0.4) is 0 Å². The van der Waals surface area contributed by atoms with Gasteiger partial charge in [-0.05, 0) is 42.7 Å². The first kappa shape index (κ1) is 24.8. The second-order valence-corrected chi connectivity index (χ2v) is 10.2. The van der Waals surface area contributed by atoms with Crippen LogP contribution in [0.25, 0.3) is 17.3 Å². The Kier molecular flexibility index (Phi) is 7.48. The molecule has 1 aliphatic heterocycles. The molecule has 1 aromatic heterocycles. The van der Waals surface area contributed by atoms with Gasteiger partial charge in [0.1, 0.15) is 11.9 Å². The van der Waals surface area contributed by atoms with Gasteiger partial charge in [0.25, 0.3) is 0 Å². The van der Waals surface area contributed by atoms with Crippen LogP contribution in [0, 0.1) is 5.82 Å². The Morgan fingerprint density at radius 1 is 1.30 bits per heavy atom. The molecule has 0 amide bonds. The van der Waals surface area contributed by atoms with Crippen molar-refractivity contribution in [2.45, 2.75) is 51.2 Å². The number of carbonyl (C=O) groups is 1. The number of halogens is 1. The Balaban J connectivity index is 2.20. The maximum atomic E-state index is 13.6. The van der Waals surface area contributed by atoms with Gasteiger partial charge in [-0.2, -0.15) is 0 Å². The normalized spacial score (nSPS) is 20.0. The van der Waals surface area contributed by atoms with Crippen LogP contribution in [-0.4, -0.2) is 55.0 Å². The number of esters is 1. The summed E-state index contributed by atoms with van der Waals surface area (Å²) in [5.74, 6) is -0.948. The third-order valence-corrected chi connectivity index (χ3v) is 6.76. The molecule has 33 heavy (non-hydrogen) atoms. The van der Waals surface area contributed by atoms with Gasteiger partial charge in [0.15, 0.2) is 0 Å². The van der Waals surface area contributed by atoms with Gasteiger partial charge in [-0.1, -0.05) is 19.9 Å². The summed E-state index contributed by atoms with van der Waals surface area (Å²) in [5.41, 5.74) is 2.21. The molecule has 2 heterocycles. The van der Waals surface area contributed by atoms with Crippen molar-refractivity contribution < 1.29 is 27.4 Å². The predicted molar refractivity (Wildman–Crippen MR) is 124 cm³/mol. The van der Waals surface area contributed by atoms with Gasteiger partial charge in [-0.25, -0.2) is 27.1 Å². The highest BCUT2D eigenvalue weighted by atomic mass is 32.2. The van der Waals surface area contributed by atoms with E-state index in [1.165, 1.54) is 19.2 Å². The zero-order valence-electron chi connectivity index (χ0n) is 19.0. The summed E-state index contributed by atoms with van der Waals surface area (Å²) in [6.07, 6.45) is 3.99. The van der Waals surface area contributed by atoms with Crippen LogP contribution in [0.15, 0.2) is 30.3 Å². The standard InChI is InChI=1S/C23H28FN3O5S/c1-5-14(2)21-19(11-10-18-12-17(28)13-20(29)32-18)22(15-6-8-16(24)9-7-15)26-23(25-21)27(3)33(4,30)31/h6-11,14,17-18,28H,5,12-13H2,1-4H3/b11-10+/t14?,17-,18?/m1/s1. The van der Waals surface area contributed by atoms with Gasteiger partial charge in [0.05, 0.1) is 30.2 Å². The Morgan fingerprint density at radius 2 is 1.97 bits per heavy atom. The Hall–Kier alpha value is -2.85. The molecular weight excluding hydrogens is 449 g/mol. The van der Waals surface area contributed by atoms with E-state index >= 15 is 0 Å². The van der Waals surface area contributed by atoms with E-state index in [2.05, 4.69) is 9.97 Å². The largest absolute Gasteiger partial charge is 0.458 e. The lowest BCUT2D eigenvalue weighted by atomic mass is 9.94. The highest BCUT2D eigenvalue weighted by Crippen LogP contribution is 2.33. The average Bonchev–Trinajstić information content (AvgIpc) is 2.75. The maximum Gasteiger partial charge on any atom is 0.309 e. The van der Waals surface area contributed by atoms with Crippen molar-refractivity contribution >= 4 is 28.0 Å². The van der Waals surface area contributed by atoms with E-state index < -0.39 is 34.0 Å². The molecule has 3 atom stereocenters. The first-order valence-electron chi connectivity index (χ1n) is 10.7. The second kappa shape index (κ2) is 9.96. The fraction of sp³-hybridized carbons (Fsp3) is 0.435. The van der Waals surface area contributed by atoms with Crippen LogP contribution in [0.2, 0.25) is 0 Å². The summed E-state index contributed by atoms with van der Waals surface area (Å²) in [5, 5.41) is 9.90. The summed E-state index contributed by atoms with van der Waals surface area (Å²) in [7, 11) is -2.25. The SMILES string of the molecule is CCC(C)c1nc(N(C)S(C)(=O)=O)nc(-c2ccc(F)cc2)c1/C=C/C1C[C@@H](O)CC(=O)O1. The summed E-state index contributed by atoms with van der Waals surface area (Å²) >= 11 is 0. The second-order valence-electron chi connectivity index (χ2n) is 8.20. The number of rotatable bonds is 7. The van der Waals surface area contributed by atoms with Crippen molar-refractivity contribution in [3.05, 3.63) is 47.4 Å². The molecule has 10 heteroatoms. The highest BCUT2D eigenvalue weighted by molar-refractivity contribution is 7.92. The van der Waals surface area contributed by atoms with Crippen LogP contribution < -0.4 is 4.31 Å². The molecule has 2 unspecified atom stereocenters. The van der Waals surface area contributed by atoms with Crippen molar-refractivity contribution in [2.24, 2.45) is 0 Å². The van der Waals surface area contributed by atoms with Gasteiger partial charge >= 0.3 is 5.97 Å². The van der Waals surface area contributed by atoms with E-state index in [0.717, 1.165) is 17.0 Å². The number of aromatic nitrogens is 2. The molecule has 0 radical (unpaired) electrons. The molecule has 1 N–H and O–H groups in total. The monoisotopic (exact) mass is 477 g/mol. The van der Waals surface area contributed by atoms with Crippen molar-refractivity contribution in [3.63, 3.8) is 0 Å². The van der Waals surface area contributed by atoms with Gasteiger partial charge in [0, 0.05) is 24.6 Å². The first-order valence-corrected chi connectivity index (χ1v) is 12.5. The number of ether oxygens (including phenoxy) is 1. The molecule has 0 saturated carbocycles. The van der Waals surface area contributed by atoms with Crippen LogP contribution in [0.1, 0.15) is 50.3 Å². The lowest BCUT2D eigenvalue weighted by Gasteiger charge is -2.24. The Bertz CT molecular complexity index is 1150. The fourth-order valence-electron chi connectivity index (χ4n) is 3.46. The van der Waals surface area contributed by atoms with E-state index in [4.69, 9.17) is 4.74 Å². The van der Waals surface area contributed by atoms with Gasteiger partial charge in [-0.15, -0.1) is 0 Å². The number of hydrogen-bond acceptors (Lipinski definition) is 7. The van der Waals surface area contributed by atoms with Crippen molar-refractivity contribution in [1.82, 2.24) is 9.97 Å². The number of nitrogens with zero attached hydrogens (tertiary/aromatic N) is 3. The molecule has 1 fully saturated rings. The summed E-state index contributed by atoms with van der Waals surface area (Å²) in [6.45, 7) is 3.94. The van der Waals surface area contributed by atoms with E-state index in [1.807, 2.05) is 13.8 Å². The third-order valence-electron chi connectivity index (χ3n) is 5.61. The molecule has 1 aliphatic rings. The smallest absolute Gasteiger partial charge is 0.309 e. The first-order chi connectivity index (χ1) is 15.5. The summed E-state index contributed by atoms with van der Waals surface area (Å²) < 4.78 is 44.2. The molecule has 0 aliphatic carbocycles. The number of aliphatic hydroxyl groups excluding tert-OH is 1. The summed E-state index contributed by atoms with van der Waals surface area (Å²) in [6, 6.07) is 5.72. The Morgan fingerprint density at radius 3 is 2.55 bits per heavy atom. The molecule has 1 saturated heterocycles. The molecular formula is C23H28FN3O5S. The van der Waals surface area contributed by atoms with E-state index in [0.29, 0.717) is 22.5 Å². The number of anilines is 1. The zero-order chi connectivity index (χ0) is 24.3. The van der Waals surface area contributed by atoms with Crippen LogP contribution >= 0.6 is 0 Å². The minimum absolute atomic E-state index is 0.00351. The average molecular weight is 478 g/mol. The van der Waals surface area contributed by atoms with Crippen LogP contribution in [0.5, 0.6) is 0 Å². The fourth-order valence-corrected chi connectivity index (χ4v) is 3.83. The number of benzene rings is 1. The molecule has 1 aromatic carbocycles. The molecule has 3 rings (SSSR count). The lowest BCUT2D eigenvalue weighted by Crippen LogP contribution is -2.31. The topological polar surface area (TPSA) is 110 Å². The van der Waals surface area contributed by atoms with Crippen molar-refractivity contribution in [3.8, 4) is 11.3 Å².